The number of hydrogen-bond acceptors (Lipinski definition) is 7. The van der Waals surface area contributed by atoms with E-state index in [1.807, 2.05) is 6.92 Å². The third kappa shape index (κ3) is 5.76. The molecule has 0 spiro atoms. The average Bonchev–Trinajstić information content (AvgIpc) is 3.20. The molecule has 0 radical (unpaired) electrons. The molecular formula is C25H29N3O5S2. The maximum Gasteiger partial charge on any atom is 0.265 e. The number of aryl methyl sites for hydroxylation is 1. The summed E-state index contributed by atoms with van der Waals surface area (Å²) in [6.45, 7) is 4.05. The summed E-state index contributed by atoms with van der Waals surface area (Å²) in [5.41, 5.74) is 1.66. The van der Waals surface area contributed by atoms with Crippen LogP contribution >= 0.6 is 11.3 Å². The Morgan fingerprint density at radius 1 is 1.11 bits per heavy atom. The molecule has 1 aromatic heterocycles. The number of nitrogens with one attached hydrogen (secondary N) is 2. The number of benzene rings is 2. The van der Waals surface area contributed by atoms with E-state index in [4.69, 9.17) is 4.74 Å². The average molecular weight is 516 g/mol. The van der Waals surface area contributed by atoms with Crippen molar-refractivity contribution in [2.45, 2.75) is 44.4 Å². The highest BCUT2D eigenvalue weighted by Gasteiger charge is 2.26. The van der Waals surface area contributed by atoms with Gasteiger partial charge in [-0.1, -0.05) is 18.3 Å². The molecule has 10 heteroatoms. The summed E-state index contributed by atoms with van der Waals surface area (Å²) in [5.74, 6) is 0.893. The van der Waals surface area contributed by atoms with Crippen molar-refractivity contribution in [3.63, 3.8) is 0 Å². The van der Waals surface area contributed by atoms with Crippen LogP contribution in [0.4, 0.5) is 10.8 Å². The monoisotopic (exact) mass is 515 g/mol. The van der Waals surface area contributed by atoms with Gasteiger partial charge in [0.1, 0.15) is 16.4 Å². The van der Waals surface area contributed by atoms with Crippen LogP contribution in [0.2, 0.25) is 0 Å². The van der Waals surface area contributed by atoms with Crippen LogP contribution in [0.3, 0.4) is 0 Å². The molecule has 186 valence electrons. The number of aromatic hydroxyl groups is 1. The Morgan fingerprint density at radius 3 is 2.46 bits per heavy atom. The third-order valence-corrected chi connectivity index (χ3v) is 8.77. The second-order valence-corrected chi connectivity index (χ2v) is 11.5. The van der Waals surface area contributed by atoms with Gasteiger partial charge in [-0.15, -0.1) is 0 Å². The van der Waals surface area contributed by atoms with Crippen molar-refractivity contribution in [3.8, 4) is 21.9 Å². The number of nitrogens with zero attached hydrogens (tertiary/aromatic N) is 1. The van der Waals surface area contributed by atoms with Crippen molar-refractivity contribution < 1.29 is 23.1 Å². The minimum absolute atomic E-state index is 0.00237. The number of ether oxygens (including phenoxy) is 1. The Balaban J connectivity index is 1.59. The lowest BCUT2D eigenvalue weighted by atomic mass is 9.82. The van der Waals surface area contributed by atoms with Crippen LogP contribution < -0.4 is 14.8 Å². The molecule has 1 aliphatic rings. The summed E-state index contributed by atoms with van der Waals surface area (Å²) >= 11 is 1.32. The summed E-state index contributed by atoms with van der Waals surface area (Å²) in [6, 6.07) is 10.6. The number of sulfonamides is 1. The van der Waals surface area contributed by atoms with Gasteiger partial charge in [-0.3, -0.25) is 9.52 Å². The van der Waals surface area contributed by atoms with Crippen LogP contribution in [0.25, 0.3) is 10.4 Å². The highest BCUT2D eigenvalue weighted by atomic mass is 32.2. The van der Waals surface area contributed by atoms with Crippen LogP contribution in [0, 0.1) is 18.8 Å². The van der Waals surface area contributed by atoms with Gasteiger partial charge < -0.3 is 15.2 Å². The fourth-order valence-electron chi connectivity index (χ4n) is 4.21. The fourth-order valence-corrected chi connectivity index (χ4v) is 6.44. The Bertz CT molecular complexity index is 1310. The molecule has 1 heterocycles. The van der Waals surface area contributed by atoms with Gasteiger partial charge in [-0.05, 0) is 86.6 Å². The van der Waals surface area contributed by atoms with Gasteiger partial charge in [0.25, 0.3) is 10.0 Å². The van der Waals surface area contributed by atoms with Crippen LogP contribution in [0.5, 0.6) is 11.5 Å². The maximum atomic E-state index is 13.2. The molecular weight excluding hydrogens is 486 g/mol. The second kappa shape index (κ2) is 10.2. The highest BCUT2D eigenvalue weighted by molar-refractivity contribution is 7.92. The third-order valence-electron chi connectivity index (χ3n) is 6.25. The Labute approximate surface area is 209 Å². The first-order valence-corrected chi connectivity index (χ1v) is 13.7. The van der Waals surface area contributed by atoms with E-state index in [-0.39, 0.29) is 28.2 Å². The van der Waals surface area contributed by atoms with Gasteiger partial charge in [-0.25, -0.2) is 13.4 Å². The zero-order chi connectivity index (χ0) is 25.2. The quantitative estimate of drug-likeness (QED) is 0.363. The first-order chi connectivity index (χ1) is 16.7. The SMILES string of the molecule is COc1ccc(-c2sc(NC(=O)C3CCC(C)CC3)nc2C)cc1S(=O)(=O)Nc1ccc(O)cc1. The fraction of sp³-hybridized carbons (Fsp3) is 0.360. The van der Waals surface area contributed by atoms with E-state index in [1.165, 1.54) is 48.8 Å². The molecule has 1 saturated carbocycles. The summed E-state index contributed by atoms with van der Waals surface area (Å²) in [5, 5.41) is 12.9. The van der Waals surface area contributed by atoms with E-state index < -0.39 is 10.0 Å². The van der Waals surface area contributed by atoms with E-state index >= 15 is 0 Å². The van der Waals surface area contributed by atoms with Gasteiger partial charge in [0.15, 0.2) is 5.13 Å². The van der Waals surface area contributed by atoms with Gasteiger partial charge in [0.05, 0.1) is 17.7 Å². The van der Waals surface area contributed by atoms with Crippen LogP contribution in [0.15, 0.2) is 47.4 Å². The van der Waals surface area contributed by atoms with E-state index in [0.717, 1.165) is 30.6 Å². The Hall–Kier alpha value is -3.11. The molecule has 3 aromatic rings. The molecule has 2 aromatic carbocycles. The van der Waals surface area contributed by atoms with Gasteiger partial charge >= 0.3 is 0 Å². The van der Waals surface area contributed by atoms with E-state index in [1.54, 1.807) is 12.1 Å². The molecule has 4 rings (SSSR count). The molecule has 0 atom stereocenters. The number of carbonyl (C=O) groups is 1. The topological polar surface area (TPSA) is 118 Å². The van der Waals surface area contributed by atoms with Crippen molar-refractivity contribution in [2.24, 2.45) is 11.8 Å². The van der Waals surface area contributed by atoms with E-state index in [9.17, 15) is 18.3 Å². The molecule has 1 amide bonds. The standard InChI is InChI=1S/C25H29N3O5S2/c1-15-4-6-17(7-5-15)24(30)27-25-26-16(2)23(34-25)18-8-13-21(33-3)22(14-18)35(31,32)28-19-9-11-20(29)12-10-19/h8-15,17,28-29H,4-7H2,1-3H3,(H,26,27,30). The van der Waals surface area contributed by atoms with E-state index in [2.05, 4.69) is 21.9 Å². The molecule has 8 nitrogen and oxygen atoms in total. The van der Waals surface area contributed by atoms with Crippen molar-refractivity contribution in [1.29, 1.82) is 0 Å². The van der Waals surface area contributed by atoms with Crippen molar-refractivity contribution in [2.75, 3.05) is 17.1 Å². The molecule has 1 fully saturated rings. The van der Waals surface area contributed by atoms with Crippen LogP contribution in [-0.2, 0) is 14.8 Å². The molecule has 1 aliphatic carbocycles. The number of rotatable bonds is 7. The largest absolute Gasteiger partial charge is 0.508 e. The molecule has 0 bridgehead atoms. The number of hydrogen-bond donors (Lipinski definition) is 3. The first-order valence-electron chi connectivity index (χ1n) is 11.4. The number of thiazole rings is 1. The summed E-state index contributed by atoms with van der Waals surface area (Å²) < 4.78 is 34.1. The number of carbonyl (C=O) groups excluding carboxylic acids is 1. The predicted molar refractivity (Wildman–Crippen MR) is 138 cm³/mol. The van der Waals surface area contributed by atoms with Gasteiger partial charge in [0.2, 0.25) is 5.91 Å². The molecule has 0 saturated heterocycles. The van der Waals surface area contributed by atoms with Crippen molar-refractivity contribution >= 4 is 38.1 Å². The zero-order valence-corrected chi connectivity index (χ0v) is 21.5. The number of methoxy groups -OCH3 is 1. The Morgan fingerprint density at radius 2 is 1.80 bits per heavy atom. The smallest absolute Gasteiger partial charge is 0.265 e. The molecule has 0 unspecified atom stereocenters. The zero-order valence-electron chi connectivity index (χ0n) is 19.9. The number of aromatic nitrogens is 1. The predicted octanol–water partition coefficient (Wildman–Crippen LogP) is 5.40. The molecule has 3 N–H and O–H groups in total. The summed E-state index contributed by atoms with van der Waals surface area (Å²) in [4.78, 5) is 18.0. The second-order valence-electron chi connectivity index (χ2n) is 8.90. The van der Waals surface area contributed by atoms with E-state index in [0.29, 0.717) is 28.0 Å². The molecule has 0 aliphatic heterocycles. The minimum Gasteiger partial charge on any atom is -0.508 e. The number of anilines is 2. The van der Waals surface area contributed by atoms with Gasteiger partial charge in [-0.2, -0.15) is 0 Å². The first kappa shape index (κ1) is 25.0. The lowest BCUT2D eigenvalue weighted by Crippen LogP contribution is -2.26. The number of phenolic OH excluding ortho intramolecular Hbond substituents is 1. The minimum atomic E-state index is -3.99. The highest BCUT2D eigenvalue weighted by Crippen LogP contribution is 2.37. The normalized spacial score (nSPS) is 18.1. The van der Waals surface area contributed by atoms with Gasteiger partial charge in [0, 0.05) is 11.6 Å². The van der Waals surface area contributed by atoms with Crippen LogP contribution in [-0.4, -0.2) is 31.5 Å². The lowest BCUT2D eigenvalue weighted by Gasteiger charge is -2.24. The van der Waals surface area contributed by atoms with Crippen molar-refractivity contribution in [1.82, 2.24) is 4.98 Å². The number of amides is 1. The van der Waals surface area contributed by atoms with Crippen LogP contribution in [0.1, 0.15) is 38.3 Å². The maximum absolute atomic E-state index is 13.2. The number of phenols is 1. The molecule has 35 heavy (non-hydrogen) atoms. The summed E-state index contributed by atoms with van der Waals surface area (Å²) in [6.07, 6.45) is 3.89. The Kier molecular flexibility index (Phi) is 7.32. The van der Waals surface area contributed by atoms with Crippen molar-refractivity contribution in [3.05, 3.63) is 48.2 Å². The summed E-state index contributed by atoms with van der Waals surface area (Å²) in [7, 11) is -2.58. The lowest BCUT2D eigenvalue weighted by molar-refractivity contribution is -0.121.